The van der Waals surface area contributed by atoms with Crippen molar-refractivity contribution >= 4 is 11.7 Å². The van der Waals surface area contributed by atoms with Crippen molar-refractivity contribution in [1.29, 1.82) is 0 Å². The van der Waals surface area contributed by atoms with Crippen LogP contribution in [0.5, 0.6) is 5.75 Å². The van der Waals surface area contributed by atoms with Crippen molar-refractivity contribution in [3.05, 3.63) is 78.5 Å². The van der Waals surface area contributed by atoms with E-state index in [1.54, 1.807) is 16.9 Å². The van der Waals surface area contributed by atoms with Crippen molar-refractivity contribution in [2.45, 2.75) is 13.0 Å². The van der Waals surface area contributed by atoms with Crippen LogP contribution < -0.4 is 10.1 Å². The smallest absolute Gasteiger partial charge is 0.228 e. The minimum Gasteiger partial charge on any atom is -0.493 e. The molecule has 122 valence electrons. The maximum absolute atomic E-state index is 12.1. The van der Waals surface area contributed by atoms with Crippen molar-refractivity contribution in [1.82, 2.24) is 9.78 Å². The molecule has 0 saturated carbocycles. The van der Waals surface area contributed by atoms with Gasteiger partial charge in [0, 0.05) is 6.07 Å². The lowest BCUT2D eigenvalue weighted by atomic mass is 10.2. The molecule has 0 atom stereocenters. The summed E-state index contributed by atoms with van der Waals surface area (Å²) in [6, 6.07) is 21.3. The first-order valence-electron chi connectivity index (χ1n) is 7.85. The van der Waals surface area contributed by atoms with Crippen molar-refractivity contribution in [2.75, 3.05) is 11.9 Å². The lowest BCUT2D eigenvalue weighted by Crippen LogP contribution is -2.18. The number of benzene rings is 2. The van der Waals surface area contributed by atoms with Gasteiger partial charge in [-0.15, -0.1) is 0 Å². The van der Waals surface area contributed by atoms with Crippen molar-refractivity contribution < 1.29 is 9.53 Å². The van der Waals surface area contributed by atoms with Gasteiger partial charge in [0.05, 0.1) is 25.8 Å². The average molecular weight is 321 g/mol. The quantitative estimate of drug-likeness (QED) is 0.726. The van der Waals surface area contributed by atoms with Crippen LogP contribution in [-0.4, -0.2) is 22.3 Å². The number of carbonyl (C=O) groups excluding carboxylic acids is 1. The molecule has 0 aliphatic heterocycles. The summed E-state index contributed by atoms with van der Waals surface area (Å²) in [5, 5.41) is 7.14. The van der Waals surface area contributed by atoms with Gasteiger partial charge in [-0.1, -0.05) is 48.5 Å². The van der Waals surface area contributed by atoms with Crippen LogP contribution in [0.25, 0.3) is 0 Å². The molecule has 0 saturated heterocycles. The Morgan fingerprint density at radius 2 is 1.71 bits per heavy atom. The van der Waals surface area contributed by atoms with Crippen LogP contribution in [0, 0.1) is 0 Å². The Hall–Kier alpha value is -3.08. The number of para-hydroxylation sites is 1. The van der Waals surface area contributed by atoms with Crippen LogP contribution in [0.4, 0.5) is 5.82 Å². The summed E-state index contributed by atoms with van der Waals surface area (Å²) < 4.78 is 7.31. The Morgan fingerprint density at radius 1 is 1.00 bits per heavy atom. The number of nitrogens with zero attached hydrogens (tertiary/aromatic N) is 2. The Bertz CT molecular complexity index is 770. The number of anilines is 1. The molecule has 0 bridgehead atoms. The zero-order valence-electron chi connectivity index (χ0n) is 13.3. The standard InChI is InChI=1S/C19H19N3O2/c23-19(12-14-24-17-9-5-2-6-10-17)21-18-11-13-20-22(18)15-16-7-3-1-4-8-16/h1-11,13H,12,14-15H2,(H,21,23). The first kappa shape index (κ1) is 15.8. The number of carbonyl (C=O) groups is 1. The van der Waals surface area contributed by atoms with Crippen LogP contribution >= 0.6 is 0 Å². The summed E-state index contributed by atoms with van der Waals surface area (Å²) in [4.78, 5) is 12.1. The third-order valence-electron chi connectivity index (χ3n) is 3.50. The molecule has 24 heavy (non-hydrogen) atoms. The van der Waals surface area contributed by atoms with Gasteiger partial charge in [-0.25, -0.2) is 4.68 Å². The first-order valence-corrected chi connectivity index (χ1v) is 7.85. The number of rotatable bonds is 7. The molecule has 0 unspecified atom stereocenters. The molecule has 0 radical (unpaired) electrons. The fourth-order valence-electron chi connectivity index (χ4n) is 2.30. The zero-order valence-corrected chi connectivity index (χ0v) is 13.3. The molecule has 0 spiro atoms. The predicted molar refractivity (Wildman–Crippen MR) is 93.0 cm³/mol. The van der Waals surface area contributed by atoms with Gasteiger partial charge >= 0.3 is 0 Å². The minimum absolute atomic E-state index is 0.0965. The van der Waals surface area contributed by atoms with Crippen molar-refractivity contribution in [3.63, 3.8) is 0 Å². The van der Waals surface area contributed by atoms with Crippen LogP contribution in [0.3, 0.4) is 0 Å². The molecule has 5 heteroatoms. The molecule has 0 fully saturated rings. The SMILES string of the molecule is O=C(CCOc1ccccc1)Nc1ccnn1Cc1ccccc1. The maximum Gasteiger partial charge on any atom is 0.228 e. The van der Waals surface area contributed by atoms with E-state index in [-0.39, 0.29) is 12.3 Å². The van der Waals surface area contributed by atoms with E-state index >= 15 is 0 Å². The van der Waals surface area contributed by atoms with Crippen molar-refractivity contribution in [3.8, 4) is 5.75 Å². The van der Waals surface area contributed by atoms with Gasteiger partial charge in [0.25, 0.3) is 0 Å². The third kappa shape index (κ3) is 4.46. The van der Waals surface area contributed by atoms with Crippen LogP contribution in [0.2, 0.25) is 0 Å². The van der Waals surface area contributed by atoms with Crippen molar-refractivity contribution in [2.24, 2.45) is 0 Å². The largest absolute Gasteiger partial charge is 0.493 e. The average Bonchev–Trinajstić information content (AvgIpc) is 3.03. The van der Waals surface area contributed by atoms with Crippen LogP contribution in [0.15, 0.2) is 72.9 Å². The van der Waals surface area contributed by atoms with Gasteiger partial charge in [0.15, 0.2) is 0 Å². The third-order valence-corrected chi connectivity index (χ3v) is 3.50. The second-order valence-corrected chi connectivity index (χ2v) is 5.32. The van der Waals surface area contributed by atoms with E-state index in [4.69, 9.17) is 4.74 Å². The Labute approximate surface area is 140 Å². The highest BCUT2D eigenvalue weighted by atomic mass is 16.5. The fraction of sp³-hybridized carbons (Fsp3) is 0.158. The Morgan fingerprint density at radius 3 is 2.46 bits per heavy atom. The molecule has 1 aromatic heterocycles. The molecule has 0 aliphatic carbocycles. The van der Waals surface area contributed by atoms with Gasteiger partial charge in [0.2, 0.25) is 5.91 Å². The highest BCUT2D eigenvalue weighted by Gasteiger charge is 2.08. The maximum atomic E-state index is 12.1. The lowest BCUT2D eigenvalue weighted by molar-refractivity contribution is -0.116. The summed E-state index contributed by atoms with van der Waals surface area (Å²) >= 11 is 0. The van der Waals surface area contributed by atoms with Gasteiger partial charge in [-0.2, -0.15) is 5.10 Å². The van der Waals surface area contributed by atoms with Crippen LogP contribution in [-0.2, 0) is 11.3 Å². The summed E-state index contributed by atoms with van der Waals surface area (Å²) in [6.07, 6.45) is 1.96. The fourth-order valence-corrected chi connectivity index (χ4v) is 2.30. The van der Waals surface area contributed by atoms with E-state index in [0.717, 1.165) is 11.3 Å². The second kappa shape index (κ2) is 7.97. The molecule has 3 rings (SSSR count). The molecule has 3 aromatic rings. The number of hydrogen-bond acceptors (Lipinski definition) is 3. The molecule has 5 nitrogen and oxygen atoms in total. The topological polar surface area (TPSA) is 56.1 Å². The van der Waals surface area contributed by atoms with E-state index in [9.17, 15) is 4.79 Å². The molecule has 0 aliphatic rings. The van der Waals surface area contributed by atoms with Gasteiger partial charge in [-0.05, 0) is 17.7 Å². The molecule has 2 aromatic carbocycles. The minimum atomic E-state index is -0.0965. The van der Waals surface area contributed by atoms with Gasteiger partial charge in [0.1, 0.15) is 11.6 Å². The van der Waals surface area contributed by atoms with E-state index in [2.05, 4.69) is 10.4 Å². The predicted octanol–water partition coefficient (Wildman–Crippen LogP) is 3.34. The van der Waals surface area contributed by atoms with Crippen LogP contribution in [0.1, 0.15) is 12.0 Å². The first-order chi connectivity index (χ1) is 11.8. The Balaban J connectivity index is 1.51. The summed E-state index contributed by atoms with van der Waals surface area (Å²) in [5.41, 5.74) is 1.13. The lowest BCUT2D eigenvalue weighted by Gasteiger charge is -2.10. The normalized spacial score (nSPS) is 10.3. The van der Waals surface area contributed by atoms with E-state index in [1.165, 1.54) is 0 Å². The highest BCUT2D eigenvalue weighted by molar-refractivity contribution is 5.89. The van der Waals surface area contributed by atoms with E-state index in [0.29, 0.717) is 19.0 Å². The number of amides is 1. The Kier molecular flexibility index (Phi) is 5.24. The molecule has 1 amide bonds. The van der Waals surface area contributed by atoms with Gasteiger partial charge < -0.3 is 10.1 Å². The van der Waals surface area contributed by atoms with Gasteiger partial charge in [-0.3, -0.25) is 4.79 Å². The van der Waals surface area contributed by atoms with E-state index in [1.807, 2.05) is 60.7 Å². The monoisotopic (exact) mass is 321 g/mol. The summed E-state index contributed by atoms with van der Waals surface area (Å²) in [5.74, 6) is 1.35. The molecular weight excluding hydrogens is 302 g/mol. The zero-order chi connectivity index (χ0) is 16.6. The van der Waals surface area contributed by atoms with E-state index < -0.39 is 0 Å². The number of ether oxygens (including phenoxy) is 1. The summed E-state index contributed by atoms with van der Waals surface area (Å²) in [6.45, 7) is 0.951. The second-order valence-electron chi connectivity index (χ2n) is 5.32. The number of aromatic nitrogens is 2. The number of nitrogens with one attached hydrogen (secondary N) is 1. The molecular formula is C19H19N3O2. The molecule has 1 N–H and O–H groups in total. The highest BCUT2D eigenvalue weighted by Crippen LogP contribution is 2.11. The summed E-state index contributed by atoms with van der Waals surface area (Å²) in [7, 11) is 0. The number of hydrogen-bond donors (Lipinski definition) is 1. The molecule has 1 heterocycles.